The van der Waals surface area contributed by atoms with Crippen molar-refractivity contribution in [1.82, 2.24) is 0 Å². The van der Waals surface area contributed by atoms with Crippen molar-refractivity contribution in [3.05, 3.63) is 29.3 Å². The zero-order valence-corrected chi connectivity index (χ0v) is 12.0. The average Bonchev–Trinajstić information content (AvgIpc) is 2.47. The number of aliphatic hydroxyl groups is 1. The predicted octanol–water partition coefficient (Wildman–Crippen LogP) is 2.16. The molecule has 0 aromatic heterocycles. The molecule has 110 valence electrons. The molecule has 5 nitrogen and oxygen atoms in total. The van der Waals surface area contributed by atoms with Crippen LogP contribution in [0.3, 0.4) is 0 Å². The van der Waals surface area contributed by atoms with Gasteiger partial charge in [-0.25, -0.2) is 0 Å². The number of hydrogen-bond donors (Lipinski definition) is 1. The fourth-order valence-electron chi connectivity index (χ4n) is 1.74. The molecule has 0 aliphatic heterocycles. The summed E-state index contributed by atoms with van der Waals surface area (Å²) in [5.41, 5.74) is 1.41. The zero-order valence-electron chi connectivity index (χ0n) is 12.0. The van der Waals surface area contributed by atoms with E-state index in [1.165, 1.54) is 0 Å². The van der Waals surface area contributed by atoms with E-state index in [1.54, 1.807) is 45.4 Å². The molecule has 0 saturated carbocycles. The molecule has 0 heterocycles. The van der Waals surface area contributed by atoms with Crippen molar-refractivity contribution < 1.29 is 24.1 Å². The van der Waals surface area contributed by atoms with Crippen LogP contribution in [-0.4, -0.2) is 31.9 Å². The summed E-state index contributed by atoms with van der Waals surface area (Å²) in [4.78, 5) is 11.3. The maximum atomic E-state index is 11.3. The van der Waals surface area contributed by atoms with Gasteiger partial charge in [0.2, 0.25) is 0 Å². The predicted molar refractivity (Wildman–Crippen MR) is 75.8 cm³/mol. The van der Waals surface area contributed by atoms with Crippen molar-refractivity contribution >= 4 is 12.0 Å². The highest BCUT2D eigenvalue weighted by Gasteiger charge is 2.10. The second kappa shape index (κ2) is 8.22. The van der Waals surface area contributed by atoms with E-state index in [4.69, 9.17) is 14.2 Å². The molecule has 1 rings (SSSR count). The topological polar surface area (TPSA) is 65.0 Å². The quantitative estimate of drug-likeness (QED) is 0.775. The van der Waals surface area contributed by atoms with Crippen molar-refractivity contribution in [3.63, 3.8) is 0 Å². The number of aliphatic hydroxyl groups excluding tert-OH is 1. The number of esters is 1. The van der Waals surface area contributed by atoms with E-state index < -0.39 is 0 Å². The first-order valence-electron chi connectivity index (χ1n) is 6.34. The highest BCUT2D eigenvalue weighted by molar-refractivity contribution is 5.74. The van der Waals surface area contributed by atoms with Crippen LogP contribution < -0.4 is 9.47 Å². The van der Waals surface area contributed by atoms with Gasteiger partial charge < -0.3 is 19.3 Å². The van der Waals surface area contributed by atoms with Crippen LogP contribution in [0.15, 0.2) is 18.2 Å². The van der Waals surface area contributed by atoms with Gasteiger partial charge in [-0.2, -0.15) is 0 Å². The number of hydrogen-bond acceptors (Lipinski definition) is 5. The Labute approximate surface area is 118 Å². The number of benzene rings is 1. The van der Waals surface area contributed by atoms with Crippen LogP contribution in [0.25, 0.3) is 6.08 Å². The third-order valence-electron chi connectivity index (χ3n) is 2.66. The van der Waals surface area contributed by atoms with Gasteiger partial charge in [0.25, 0.3) is 0 Å². The minimum absolute atomic E-state index is 0.0977. The van der Waals surface area contributed by atoms with Gasteiger partial charge >= 0.3 is 5.97 Å². The maximum Gasteiger partial charge on any atom is 0.309 e. The van der Waals surface area contributed by atoms with Gasteiger partial charge in [-0.3, -0.25) is 4.79 Å². The first-order chi connectivity index (χ1) is 9.65. The molecule has 0 spiro atoms. The summed E-state index contributed by atoms with van der Waals surface area (Å²) in [6.07, 6.45) is 3.62. The van der Waals surface area contributed by atoms with Gasteiger partial charge in [0.15, 0.2) is 0 Å². The van der Waals surface area contributed by atoms with E-state index in [9.17, 15) is 9.90 Å². The molecule has 1 aromatic carbocycles. The van der Waals surface area contributed by atoms with Crippen molar-refractivity contribution in [2.75, 3.05) is 20.8 Å². The summed E-state index contributed by atoms with van der Waals surface area (Å²) < 4.78 is 15.4. The van der Waals surface area contributed by atoms with Gasteiger partial charge in [-0.05, 0) is 24.6 Å². The SMILES string of the molecule is CCOC(=O)CC=Cc1c(OC)cc(CO)cc1OC. The Morgan fingerprint density at radius 3 is 2.30 bits per heavy atom. The molecule has 20 heavy (non-hydrogen) atoms. The Hall–Kier alpha value is -2.01. The lowest BCUT2D eigenvalue weighted by Crippen LogP contribution is -2.01. The molecule has 0 atom stereocenters. The maximum absolute atomic E-state index is 11.3. The van der Waals surface area contributed by atoms with Crippen LogP contribution in [0.2, 0.25) is 0 Å². The lowest BCUT2D eigenvalue weighted by molar-refractivity contribution is -0.142. The zero-order chi connectivity index (χ0) is 15.0. The Kier molecular flexibility index (Phi) is 6.59. The van der Waals surface area contributed by atoms with E-state index in [0.29, 0.717) is 23.7 Å². The van der Waals surface area contributed by atoms with Gasteiger partial charge in [0.05, 0.1) is 39.4 Å². The molecule has 5 heteroatoms. The summed E-state index contributed by atoms with van der Waals surface area (Å²) in [5.74, 6) is 0.871. The van der Waals surface area contributed by atoms with E-state index in [0.717, 1.165) is 5.56 Å². The van der Waals surface area contributed by atoms with E-state index in [-0.39, 0.29) is 19.0 Å². The molecule has 1 N–H and O–H groups in total. The van der Waals surface area contributed by atoms with Gasteiger partial charge in [0, 0.05) is 0 Å². The van der Waals surface area contributed by atoms with Crippen LogP contribution in [0.5, 0.6) is 11.5 Å². The fourth-order valence-corrected chi connectivity index (χ4v) is 1.74. The lowest BCUT2D eigenvalue weighted by atomic mass is 10.1. The van der Waals surface area contributed by atoms with E-state index in [2.05, 4.69) is 0 Å². The summed E-state index contributed by atoms with van der Waals surface area (Å²) in [7, 11) is 3.08. The number of carbonyl (C=O) groups is 1. The lowest BCUT2D eigenvalue weighted by Gasteiger charge is -2.12. The molecule has 0 amide bonds. The Bertz CT molecular complexity index is 454. The van der Waals surface area contributed by atoms with Crippen molar-refractivity contribution in [2.45, 2.75) is 20.0 Å². The fraction of sp³-hybridized carbons (Fsp3) is 0.400. The molecule has 0 bridgehead atoms. The molecule has 0 aliphatic carbocycles. The third-order valence-corrected chi connectivity index (χ3v) is 2.66. The minimum atomic E-state index is -0.284. The average molecular weight is 280 g/mol. The summed E-state index contributed by atoms with van der Waals surface area (Å²) in [6.45, 7) is 2.03. The summed E-state index contributed by atoms with van der Waals surface area (Å²) in [6, 6.07) is 3.46. The largest absolute Gasteiger partial charge is 0.496 e. The second-order valence-electron chi connectivity index (χ2n) is 3.98. The minimum Gasteiger partial charge on any atom is -0.496 e. The number of rotatable bonds is 7. The monoisotopic (exact) mass is 280 g/mol. The van der Waals surface area contributed by atoms with Crippen LogP contribution in [-0.2, 0) is 16.1 Å². The highest BCUT2D eigenvalue weighted by atomic mass is 16.5. The van der Waals surface area contributed by atoms with Gasteiger partial charge in [-0.15, -0.1) is 0 Å². The molecule has 0 fully saturated rings. The second-order valence-corrected chi connectivity index (χ2v) is 3.98. The molecule has 0 aliphatic rings. The van der Waals surface area contributed by atoms with Crippen molar-refractivity contribution in [2.24, 2.45) is 0 Å². The number of ether oxygens (including phenoxy) is 3. The highest BCUT2D eigenvalue weighted by Crippen LogP contribution is 2.32. The van der Waals surface area contributed by atoms with Gasteiger partial charge in [0.1, 0.15) is 11.5 Å². The van der Waals surface area contributed by atoms with Crippen LogP contribution in [0.1, 0.15) is 24.5 Å². The van der Waals surface area contributed by atoms with E-state index in [1.807, 2.05) is 0 Å². The molecule has 1 aromatic rings. The Morgan fingerprint density at radius 2 is 1.85 bits per heavy atom. The first kappa shape index (κ1) is 16.0. The first-order valence-corrected chi connectivity index (χ1v) is 6.34. The summed E-state index contributed by atoms with van der Waals surface area (Å²) in [5, 5.41) is 9.19. The number of carbonyl (C=O) groups excluding carboxylic acids is 1. The standard InChI is InChI=1S/C15H20O5/c1-4-20-15(17)7-5-6-12-13(18-2)8-11(10-16)9-14(12)19-3/h5-6,8-9,16H,4,7,10H2,1-3H3. The van der Waals surface area contributed by atoms with Crippen molar-refractivity contribution in [3.8, 4) is 11.5 Å². The van der Waals surface area contributed by atoms with Crippen LogP contribution in [0.4, 0.5) is 0 Å². The molecular weight excluding hydrogens is 260 g/mol. The smallest absolute Gasteiger partial charge is 0.309 e. The molecular formula is C15H20O5. The molecule has 0 saturated heterocycles. The Morgan fingerprint density at radius 1 is 1.25 bits per heavy atom. The normalized spacial score (nSPS) is 10.6. The Balaban J connectivity index is 2.97. The van der Waals surface area contributed by atoms with Gasteiger partial charge in [-0.1, -0.05) is 12.2 Å². The third kappa shape index (κ3) is 4.28. The van der Waals surface area contributed by atoms with Crippen LogP contribution in [0, 0.1) is 0 Å². The number of methoxy groups -OCH3 is 2. The van der Waals surface area contributed by atoms with Crippen molar-refractivity contribution in [1.29, 1.82) is 0 Å². The molecule has 0 radical (unpaired) electrons. The van der Waals surface area contributed by atoms with E-state index >= 15 is 0 Å². The summed E-state index contributed by atoms with van der Waals surface area (Å²) >= 11 is 0. The van der Waals surface area contributed by atoms with Crippen LogP contribution >= 0.6 is 0 Å². The molecule has 0 unspecified atom stereocenters.